The molecule has 19 heavy (non-hydrogen) atoms. The van der Waals surface area contributed by atoms with Crippen LogP contribution in [0.1, 0.15) is 64.7 Å². The maximum absolute atomic E-state index is 5.72. The highest BCUT2D eigenvalue weighted by Gasteiger charge is 2.38. The van der Waals surface area contributed by atoms with Crippen LogP contribution in [0.2, 0.25) is 0 Å². The molecule has 0 aromatic carbocycles. The lowest BCUT2D eigenvalue weighted by Crippen LogP contribution is -2.33. The minimum Gasteiger partial charge on any atom is -0.348 e. The van der Waals surface area contributed by atoms with Crippen LogP contribution in [0.25, 0.3) is 0 Å². The van der Waals surface area contributed by atoms with Gasteiger partial charge in [-0.2, -0.15) is 0 Å². The van der Waals surface area contributed by atoms with Crippen molar-refractivity contribution in [3.8, 4) is 11.8 Å². The molecule has 0 unspecified atom stereocenters. The second-order valence-electron chi connectivity index (χ2n) is 5.54. The summed E-state index contributed by atoms with van der Waals surface area (Å²) in [6, 6.07) is 0. The highest BCUT2D eigenvalue weighted by Crippen LogP contribution is 2.37. The first-order valence-corrected chi connectivity index (χ1v) is 7.79. The van der Waals surface area contributed by atoms with Gasteiger partial charge in [0.25, 0.3) is 0 Å². The molecular weight excluding hydrogens is 236 g/mol. The number of rotatable bonds is 4. The van der Waals surface area contributed by atoms with Crippen molar-refractivity contribution in [2.24, 2.45) is 0 Å². The second kappa shape index (κ2) is 7.72. The fourth-order valence-electron chi connectivity index (χ4n) is 2.75. The predicted octanol–water partition coefficient (Wildman–Crippen LogP) is 4.20. The molecule has 1 aliphatic heterocycles. The van der Waals surface area contributed by atoms with Crippen molar-refractivity contribution in [2.45, 2.75) is 70.5 Å². The summed E-state index contributed by atoms with van der Waals surface area (Å²) in [6.45, 7) is 3.76. The molecule has 2 heteroatoms. The molecular formula is C17H26O2. The quantitative estimate of drug-likeness (QED) is 0.558. The summed E-state index contributed by atoms with van der Waals surface area (Å²) in [7, 11) is 0. The van der Waals surface area contributed by atoms with Crippen molar-refractivity contribution in [1.29, 1.82) is 0 Å². The van der Waals surface area contributed by atoms with Crippen LogP contribution >= 0.6 is 0 Å². The van der Waals surface area contributed by atoms with E-state index in [0.717, 1.165) is 45.3 Å². The molecule has 0 atom stereocenters. The Morgan fingerprint density at radius 2 is 1.84 bits per heavy atom. The number of hydrogen-bond donors (Lipinski definition) is 0. The molecule has 106 valence electrons. The van der Waals surface area contributed by atoms with Gasteiger partial charge in [-0.05, 0) is 25.3 Å². The summed E-state index contributed by atoms with van der Waals surface area (Å²) in [5.41, 5.74) is 1.46. The van der Waals surface area contributed by atoms with Gasteiger partial charge in [0.05, 0.1) is 13.2 Å². The number of unbranched alkanes of at least 4 members (excludes halogenated alkanes) is 4. The van der Waals surface area contributed by atoms with Gasteiger partial charge in [-0.15, -0.1) is 0 Å². The smallest absolute Gasteiger partial charge is 0.169 e. The molecule has 1 heterocycles. The molecule has 0 aromatic heterocycles. The van der Waals surface area contributed by atoms with Crippen LogP contribution in [0.4, 0.5) is 0 Å². The highest BCUT2D eigenvalue weighted by atomic mass is 16.7. The lowest BCUT2D eigenvalue weighted by atomic mass is 9.89. The average Bonchev–Trinajstić information content (AvgIpc) is 2.89. The Bertz CT molecular complexity index is 341. The Hall–Kier alpha value is -0.780. The Balaban J connectivity index is 1.66. The van der Waals surface area contributed by atoms with Crippen molar-refractivity contribution in [3.05, 3.63) is 11.6 Å². The summed E-state index contributed by atoms with van der Waals surface area (Å²) in [6.07, 6.45) is 12.5. The first kappa shape index (κ1) is 14.6. The van der Waals surface area contributed by atoms with Crippen LogP contribution in [0, 0.1) is 11.8 Å². The third kappa shape index (κ3) is 4.67. The molecule has 1 saturated heterocycles. The van der Waals surface area contributed by atoms with Crippen LogP contribution in [0.3, 0.4) is 0 Å². The topological polar surface area (TPSA) is 18.5 Å². The second-order valence-corrected chi connectivity index (χ2v) is 5.54. The zero-order valence-corrected chi connectivity index (χ0v) is 12.2. The Labute approximate surface area is 117 Å². The molecule has 2 fully saturated rings. The average molecular weight is 262 g/mol. The lowest BCUT2D eigenvalue weighted by molar-refractivity contribution is -0.171. The summed E-state index contributed by atoms with van der Waals surface area (Å²) >= 11 is 0. The van der Waals surface area contributed by atoms with Crippen molar-refractivity contribution in [2.75, 3.05) is 13.2 Å². The zero-order valence-electron chi connectivity index (χ0n) is 12.2. The summed E-state index contributed by atoms with van der Waals surface area (Å²) in [4.78, 5) is 0. The first-order chi connectivity index (χ1) is 9.35. The van der Waals surface area contributed by atoms with Gasteiger partial charge in [-0.3, -0.25) is 0 Å². The molecule has 0 radical (unpaired) electrons. The van der Waals surface area contributed by atoms with E-state index in [-0.39, 0.29) is 5.79 Å². The fraction of sp³-hybridized carbons (Fsp3) is 0.765. The van der Waals surface area contributed by atoms with Crippen LogP contribution in [-0.4, -0.2) is 19.0 Å². The third-order valence-electron chi connectivity index (χ3n) is 4.00. The normalized spacial score (nSPS) is 21.2. The molecule has 0 amide bonds. The largest absolute Gasteiger partial charge is 0.348 e. The molecule has 0 aromatic rings. The van der Waals surface area contributed by atoms with Gasteiger partial charge < -0.3 is 9.47 Å². The molecule has 2 rings (SSSR count). The molecule has 2 aliphatic rings. The van der Waals surface area contributed by atoms with E-state index >= 15 is 0 Å². The van der Waals surface area contributed by atoms with Crippen molar-refractivity contribution in [1.82, 2.24) is 0 Å². The van der Waals surface area contributed by atoms with E-state index in [4.69, 9.17) is 9.47 Å². The minimum atomic E-state index is -0.245. The van der Waals surface area contributed by atoms with Crippen molar-refractivity contribution < 1.29 is 9.47 Å². The summed E-state index contributed by atoms with van der Waals surface area (Å²) < 4.78 is 11.4. The summed E-state index contributed by atoms with van der Waals surface area (Å²) in [5.74, 6) is 6.24. The Morgan fingerprint density at radius 3 is 2.53 bits per heavy atom. The maximum Gasteiger partial charge on any atom is 0.169 e. The van der Waals surface area contributed by atoms with E-state index in [1.165, 1.54) is 31.3 Å². The Kier molecular flexibility index (Phi) is 5.94. The molecule has 2 nitrogen and oxygen atoms in total. The van der Waals surface area contributed by atoms with E-state index in [1.54, 1.807) is 0 Å². The van der Waals surface area contributed by atoms with Crippen molar-refractivity contribution in [3.63, 3.8) is 0 Å². The van der Waals surface area contributed by atoms with E-state index in [0.29, 0.717) is 0 Å². The maximum atomic E-state index is 5.72. The third-order valence-corrected chi connectivity index (χ3v) is 4.00. The number of allylic oxidation sites excluding steroid dienone is 2. The predicted molar refractivity (Wildman–Crippen MR) is 77.7 cm³/mol. The van der Waals surface area contributed by atoms with Crippen LogP contribution < -0.4 is 0 Å². The first-order valence-electron chi connectivity index (χ1n) is 7.79. The van der Waals surface area contributed by atoms with E-state index in [1.807, 2.05) is 0 Å². The van der Waals surface area contributed by atoms with Crippen LogP contribution in [0.15, 0.2) is 11.6 Å². The van der Waals surface area contributed by atoms with E-state index < -0.39 is 0 Å². The van der Waals surface area contributed by atoms with Crippen LogP contribution in [-0.2, 0) is 9.47 Å². The van der Waals surface area contributed by atoms with E-state index in [2.05, 4.69) is 24.8 Å². The highest BCUT2D eigenvalue weighted by molar-refractivity contribution is 5.22. The fourth-order valence-corrected chi connectivity index (χ4v) is 2.75. The number of hydrogen-bond acceptors (Lipinski definition) is 2. The van der Waals surface area contributed by atoms with Gasteiger partial charge in [0, 0.05) is 19.3 Å². The van der Waals surface area contributed by atoms with Gasteiger partial charge in [-0.1, -0.05) is 43.6 Å². The Morgan fingerprint density at radius 1 is 1.11 bits per heavy atom. The zero-order chi connectivity index (χ0) is 13.4. The van der Waals surface area contributed by atoms with E-state index in [9.17, 15) is 0 Å². The summed E-state index contributed by atoms with van der Waals surface area (Å²) in [5, 5.41) is 0. The van der Waals surface area contributed by atoms with Gasteiger partial charge >= 0.3 is 0 Å². The van der Waals surface area contributed by atoms with Gasteiger partial charge in [0.1, 0.15) is 0 Å². The molecule has 0 bridgehead atoms. The lowest BCUT2D eigenvalue weighted by Gasteiger charge is -2.32. The SMILES string of the molecule is CCCCCCC#CC=C1CCC2(CC1)OCCO2. The number of ether oxygens (including phenoxy) is 2. The van der Waals surface area contributed by atoms with Crippen LogP contribution in [0.5, 0.6) is 0 Å². The molecule has 1 aliphatic carbocycles. The monoisotopic (exact) mass is 262 g/mol. The van der Waals surface area contributed by atoms with Gasteiger partial charge in [-0.25, -0.2) is 0 Å². The molecule has 0 N–H and O–H groups in total. The molecule has 1 spiro atoms. The van der Waals surface area contributed by atoms with Gasteiger partial charge in [0.2, 0.25) is 0 Å². The van der Waals surface area contributed by atoms with Crippen molar-refractivity contribution >= 4 is 0 Å². The standard InChI is InChI=1S/C17H26O2/c1-2-3-4-5-6-7-8-9-16-10-12-17(13-11-16)18-14-15-19-17/h9H,2-6,10-15H2,1H3. The minimum absolute atomic E-state index is 0.245. The molecule has 1 saturated carbocycles. The van der Waals surface area contributed by atoms with Gasteiger partial charge in [0.15, 0.2) is 5.79 Å².